The van der Waals surface area contributed by atoms with E-state index in [-0.39, 0.29) is 18.5 Å². The van der Waals surface area contributed by atoms with Crippen LogP contribution in [-0.4, -0.2) is 47.5 Å². The summed E-state index contributed by atoms with van der Waals surface area (Å²) in [5.74, 6) is -0.752. The molecule has 1 atom stereocenters. The summed E-state index contributed by atoms with van der Waals surface area (Å²) < 4.78 is 0. The van der Waals surface area contributed by atoms with Crippen molar-refractivity contribution in [1.29, 1.82) is 0 Å². The number of fused-ring (bicyclic) bond motifs is 1. The van der Waals surface area contributed by atoms with E-state index in [0.717, 1.165) is 11.3 Å². The van der Waals surface area contributed by atoms with Crippen molar-refractivity contribution in [2.45, 2.75) is 33.1 Å². The van der Waals surface area contributed by atoms with E-state index in [1.807, 2.05) is 19.1 Å². The normalized spacial score (nSPS) is 22.7. The van der Waals surface area contributed by atoms with Crippen molar-refractivity contribution in [3.05, 3.63) is 23.8 Å². The molecule has 2 heterocycles. The minimum atomic E-state index is -0.880. The molecule has 1 saturated heterocycles. The fourth-order valence-electron chi connectivity index (χ4n) is 3.50. The summed E-state index contributed by atoms with van der Waals surface area (Å²) in [4.78, 5) is 39.0. The Kier molecular flexibility index (Phi) is 4.41. The Labute approximate surface area is 146 Å². The molecule has 0 radical (unpaired) electrons. The maximum Gasteiger partial charge on any atom is 0.321 e. The predicted molar refractivity (Wildman–Crippen MR) is 93.7 cm³/mol. The molecule has 3 amide bonds. The number of rotatable bonds is 3. The van der Waals surface area contributed by atoms with Gasteiger partial charge in [-0.1, -0.05) is 0 Å². The summed E-state index contributed by atoms with van der Waals surface area (Å²) >= 11 is 0. The summed E-state index contributed by atoms with van der Waals surface area (Å²) in [7, 11) is 0. The highest BCUT2D eigenvalue weighted by Crippen LogP contribution is 2.32. The average Bonchev–Trinajstić information content (AvgIpc) is 2.99. The Morgan fingerprint density at radius 2 is 2.08 bits per heavy atom. The minimum Gasteiger partial charge on any atom is -0.481 e. The Hall–Kier alpha value is -2.57. The SMILES string of the molecule is CCN1C(=O)CCc2cc(NC(=O)N3CCC(C)(C(=O)O)C3)ccc21. The monoisotopic (exact) mass is 345 g/mol. The van der Waals surface area contributed by atoms with Gasteiger partial charge in [0.2, 0.25) is 5.91 Å². The lowest BCUT2D eigenvalue weighted by atomic mass is 9.90. The molecule has 134 valence electrons. The molecule has 7 heteroatoms. The number of carboxylic acids is 1. The van der Waals surface area contributed by atoms with Crippen LogP contribution in [0.1, 0.15) is 32.3 Å². The number of carbonyl (C=O) groups excluding carboxylic acids is 2. The Bertz CT molecular complexity index is 733. The van der Waals surface area contributed by atoms with Gasteiger partial charge in [0.25, 0.3) is 0 Å². The van der Waals surface area contributed by atoms with Gasteiger partial charge in [-0.3, -0.25) is 9.59 Å². The van der Waals surface area contributed by atoms with Crippen LogP contribution < -0.4 is 10.2 Å². The number of carbonyl (C=O) groups is 3. The molecule has 2 aliphatic heterocycles. The third kappa shape index (κ3) is 3.18. The number of hydrogen-bond donors (Lipinski definition) is 2. The molecule has 2 aliphatic rings. The summed E-state index contributed by atoms with van der Waals surface area (Å²) in [5.41, 5.74) is 1.72. The molecular weight excluding hydrogens is 322 g/mol. The molecule has 0 aromatic heterocycles. The summed E-state index contributed by atoms with van der Waals surface area (Å²) in [6.45, 7) is 4.86. The number of nitrogens with zero attached hydrogens (tertiary/aromatic N) is 2. The molecule has 25 heavy (non-hydrogen) atoms. The average molecular weight is 345 g/mol. The van der Waals surface area contributed by atoms with E-state index in [4.69, 9.17) is 0 Å². The van der Waals surface area contributed by atoms with Crippen LogP contribution in [0.25, 0.3) is 0 Å². The first-order valence-corrected chi connectivity index (χ1v) is 8.56. The number of nitrogens with one attached hydrogen (secondary N) is 1. The first kappa shape index (κ1) is 17.3. The number of amides is 3. The van der Waals surface area contributed by atoms with E-state index in [9.17, 15) is 19.5 Å². The van der Waals surface area contributed by atoms with Gasteiger partial charge < -0.3 is 20.2 Å². The topological polar surface area (TPSA) is 90.0 Å². The van der Waals surface area contributed by atoms with Gasteiger partial charge in [-0.15, -0.1) is 0 Å². The number of benzene rings is 1. The smallest absolute Gasteiger partial charge is 0.321 e. The van der Waals surface area contributed by atoms with E-state index in [1.54, 1.807) is 17.9 Å². The number of likely N-dealkylation sites (tertiary alicyclic amines) is 1. The third-order valence-corrected chi connectivity index (χ3v) is 5.12. The number of urea groups is 1. The Morgan fingerprint density at radius 3 is 2.72 bits per heavy atom. The van der Waals surface area contributed by atoms with Gasteiger partial charge in [0.05, 0.1) is 5.41 Å². The Morgan fingerprint density at radius 1 is 1.32 bits per heavy atom. The molecular formula is C18H23N3O4. The molecule has 3 rings (SSSR count). The van der Waals surface area contributed by atoms with Crippen molar-refractivity contribution in [3.63, 3.8) is 0 Å². The summed E-state index contributed by atoms with van der Waals surface area (Å²) in [5, 5.41) is 12.1. The zero-order valence-corrected chi connectivity index (χ0v) is 14.5. The Balaban J connectivity index is 1.71. The fraction of sp³-hybridized carbons (Fsp3) is 0.500. The van der Waals surface area contributed by atoms with Crippen LogP contribution >= 0.6 is 0 Å². The second-order valence-corrected chi connectivity index (χ2v) is 6.95. The van der Waals surface area contributed by atoms with Crippen LogP contribution in [-0.2, 0) is 16.0 Å². The van der Waals surface area contributed by atoms with Crippen molar-refractivity contribution in [2.75, 3.05) is 29.9 Å². The fourth-order valence-corrected chi connectivity index (χ4v) is 3.50. The van der Waals surface area contributed by atoms with Crippen molar-refractivity contribution in [2.24, 2.45) is 5.41 Å². The highest BCUT2D eigenvalue weighted by atomic mass is 16.4. The van der Waals surface area contributed by atoms with Crippen LogP contribution in [0.3, 0.4) is 0 Å². The molecule has 1 aromatic rings. The molecule has 0 spiro atoms. The van der Waals surface area contributed by atoms with Crippen LogP contribution in [0.15, 0.2) is 18.2 Å². The van der Waals surface area contributed by atoms with Gasteiger partial charge in [0.1, 0.15) is 0 Å². The number of aryl methyl sites for hydroxylation is 1. The highest BCUT2D eigenvalue weighted by molar-refractivity contribution is 5.97. The first-order chi connectivity index (χ1) is 11.8. The zero-order chi connectivity index (χ0) is 18.2. The number of carboxylic acid groups (broad SMARTS) is 1. The van der Waals surface area contributed by atoms with Crippen molar-refractivity contribution < 1.29 is 19.5 Å². The van der Waals surface area contributed by atoms with E-state index < -0.39 is 11.4 Å². The molecule has 0 saturated carbocycles. The van der Waals surface area contributed by atoms with Crippen LogP contribution in [0, 0.1) is 5.41 Å². The van der Waals surface area contributed by atoms with Crippen molar-refractivity contribution in [3.8, 4) is 0 Å². The van der Waals surface area contributed by atoms with Gasteiger partial charge in [-0.05, 0) is 50.5 Å². The lowest BCUT2D eigenvalue weighted by Gasteiger charge is -2.29. The number of hydrogen-bond acceptors (Lipinski definition) is 3. The molecule has 2 N–H and O–H groups in total. The van der Waals surface area contributed by atoms with Gasteiger partial charge in [0.15, 0.2) is 0 Å². The van der Waals surface area contributed by atoms with Gasteiger partial charge in [-0.2, -0.15) is 0 Å². The molecule has 1 unspecified atom stereocenters. The minimum absolute atomic E-state index is 0.122. The zero-order valence-electron chi connectivity index (χ0n) is 14.5. The maximum absolute atomic E-state index is 12.4. The first-order valence-electron chi connectivity index (χ1n) is 8.56. The van der Waals surface area contributed by atoms with Crippen LogP contribution in [0.2, 0.25) is 0 Å². The van der Waals surface area contributed by atoms with E-state index >= 15 is 0 Å². The standard InChI is InChI=1S/C18H23N3O4/c1-3-21-14-6-5-13(10-12(14)4-7-15(21)22)19-17(25)20-9-8-18(2,11-20)16(23)24/h5-6,10H,3-4,7-9,11H2,1-2H3,(H,19,25)(H,23,24). The summed E-state index contributed by atoms with van der Waals surface area (Å²) in [6, 6.07) is 5.25. The lowest BCUT2D eigenvalue weighted by Crippen LogP contribution is -2.37. The van der Waals surface area contributed by atoms with E-state index in [1.165, 1.54) is 4.90 Å². The molecule has 7 nitrogen and oxygen atoms in total. The van der Waals surface area contributed by atoms with Crippen molar-refractivity contribution in [1.82, 2.24) is 4.90 Å². The van der Waals surface area contributed by atoms with E-state index in [2.05, 4.69) is 5.32 Å². The number of aliphatic carboxylic acids is 1. The highest BCUT2D eigenvalue weighted by Gasteiger charge is 2.42. The molecule has 1 aromatic carbocycles. The largest absolute Gasteiger partial charge is 0.481 e. The second-order valence-electron chi connectivity index (χ2n) is 6.95. The molecule has 0 aliphatic carbocycles. The van der Waals surface area contributed by atoms with Gasteiger partial charge in [-0.25, -0.2) is 4.79 Å². The molecule has 1 fully saturated rings. The maximum atomic E-state index is 12.4. The van der Waals surface area contributed by atoms with Gasteiger partial charge >= 0.3 is 12.0 Å². The van der Waals surface area contributed by atoms with Crippen LogP contribution in [0.5, 0.6) is 0 Å². The quantitative estimate of drug-likeness (QED) is 0.880. The third-order valence-electron chi connectivity index (χ3n) is 5.12. The summed E-state index contributed by atoms with van der Waals surface area (Å²) in [6.07, 6.45) is 1.59. The van der Waals surface area contributed by atoms with Gasteiger partial charge in [0, 0.05) is 37.4 Å². The predicted octanol–water partition coefficient (Wildman–Crippen LogP) is 2.31. The lowest BCUT2D eigenvalue weighted by molar-refractivity contribution is -0.147. The van der Waals surface area contributed by atoms with Crippen molar-refractivity contribution >= 4 is 29.3 Å². The van der Waals surface area contributed by atoms with E-state index in [0.29, 0.717) is 38.0 Å². The second kappa shape index (κ2) is 6.38. The number of anilines is 2. The molecule has 0 bridgehead atoms. The van der Waals surface area contributed by atoms with Crippen LogP contribution in [0.4, 0.5) is 16.2 Å².